The van der Waals surface area contributed by atoms with Gasteiger partial charge < -0.3 is 10.6 Å². The molecule has 0 aliphatic heterocycles. The summed E-state index contributed by atoms with van der Waals surface area (Å²) in [4.78, 5) is 28.3. The summed E-state index contributed by atoms with van der Waals surface area (Å²) in [7, 11) is 0. The van der Waals surface area contributed by atoms with E-state index in [1.54, 1.807) is 6.20 Å². The van der Waals surface area contributed by atoms with Crippen LogP contribution in [0.5, 0.6) is 0 Å². The Morgan fingerprint density at radius 2 is 1.86 bits per heavy atom. The number of carbonyl (C=O) groups excluding carboxylic acids is 2. The standard InChI is InChI=1S/C16H17N3O2S/c20-14(11-6-7-11)17-8-9-18-15(21)13-10-19-16(22-13)12-4-2-1-3-5-12/h1-5,10-11H,6-9H2,(H,17,20)(H,18,21). The molecular formula is C16H17N3O2S. The number of thiazole rings is 1. The molecule has 6 heteroatoms. The van der Waals surface area contributed by atoms with E-state index in [-0.39, 0.29) is 17.7 Å². The van der Waals surface area contributed by atoms with Crippen molar-refractivity contribution in [3.05, 3.63) is 41.4 Å². The number of amides is 2. The van der Waals surface area contributed by atoms with Crippen molar-refractivity contribution in [3.63, 3.8) is 0 Å². The van der Waals surface area contributed by atoms with Crippen LogP contribution in [0.15, 0.2) is 36.5 Å². The molecule has 0 bridgehead atoms. The maximum atomic E-state index is 12.0. The number of rotatable bonds is 6. The number of benzene rings is 1. The van der Waals surface area contributed by atoms with Gasteiger partial charge in [0.25, 0.3) is 5.91 Å². The van der Waals surface area contributed by atoms with Crippen LogP contribution in [-0.2, 0) is 4.79 Å². The van der Waals surface area contributed by atoms with E-state index in [0.29, 0.717) is 18.0 Å². The van der Waals surface area contributed by atoms with Gasteiger partial charge in [-0.2, -0.15) is 0 Å². The van der Waals surface area contributed by atoms with Crippen molar-refractivity contribution in [1.82, 2.24) is 15.6 Å². The van der Waals surface area contributed by atoms with Crippen molar-refractivity contribution >= 4 is 23.2 Å². The van der Waals surface area contributed by atoms with Gasteiger partial charge in [0.05, 0.1) is 6.20 Å². The number of aromatic nitrogens is 1. The Bertz CT molecular complexity index is 665. The van der Waals surface area contributed by atoms with Crippen molar-refractivity contribution in [3.8, 4) is 10.6 Å². The molecule has 3 rings (SSSR count). The van der Waals surface area contributed by atoms with Crippen LogP contribution in [0.2, 0.25) is 0 Å². The molecular weight excluding hydrogens is 298 g/mol. The van der Waals surface area contributed by atoms with E-state index < -0.39 is 0 Å². The maximum absolute atomic E-state index is 12.0. The third-order valence-electron chi connectivity index (χ3n) is 3.41. The molecule has 1 aromatic heterocycles. The average molecular weight is 315 g/mol. The van der Waals surface area contributed by atoms with Gasteiger partial charge in [0, 0.05) is 24.6 Å². The minimum Gasteiger partial charge on any atom is -0.354 e. The van der Waals surface area contributed by atoms with Crippen molar-refractivity contribution < 1.29 is 9.59 Å². The minimum atomic E-state index is -0.152. The zero-order valence-electron chi connectivity index (χ0n) is 12.0. The molecule has 1 aliphatic rings. The topological polar surface area (TPSA) is 71.1 Å². The predicted octanol–water partition coefficient (Wildman–Crippen LogP) is 2.07. The van der Waals surface area contributed by atoms with Gasteiger partial charge in [-0.15, -0.1) is 11.3 Å². The first-order valence-electron chi connectivity index (χ1n) is 7.31. The SMILES string of the molecule is O=C(NCCNC(=O)C1CC1)c1cnc(-c2ccccc2)s1. The van der Waals surface area contributed by atoms with Gasteiger partial charge in [0.1, 0.15) is 9.88 Å². The van der Waals surface area contributed by atoms with Gasteiger partial charge in [0.2, 0.25) is 5.91 Å². The molecule has 0 radical (unpaired) electrons. The minimum absolute atomic E-state index is 0.0957. The van der Waals surface area contributed by atoms with E-state index in [1.807, 2.05) is 30.3 Å². The van der Waals surface area contributed by atoms with Gasteiger partial charge in [0.15, 0.2) is 0 Å². The summed E-state index contributed by atoms with van der Waals surface area (Å²) < 4.78 is 0. The number of hydrogen-bond acceptors (Lipinski definition) is 4. The summed E-state index contributed by atoms with van der Waals surface area (Å²) in [5, 5.41) is 6.44. The molecule has 2 aromatic rings. The van der Waals surface area contributed by atoms with Gasteiger partial charge in [-0.25, -0.2) is 4.98 Å². The van der Waals surface area contributed by atoms with Crippen molar-refractivity contribution in [2.24, 2.45) is 5.92 Å². The molecule has 0 spiro atoms. The lowest BCUT2D eigenvalue weighted by Crippen LogP contribution is -2.35. The van der Waals surface area contributed by atoms with E-state index in [1.165, 1.54) is 11.3 Å². The molecule has 0 unspecified atom stereocenters. The Morgan fingerprint density at radius 3 is 2.59 bits per heavy atom. The lowest BCUT2D eigenvalue weighted by molar-refractivity contribution is -0.122. The summed E-state index contributed by atoms with van der Waals surface area (Å²) in [6, 6.07) is 9.76. The molecule has 1 saturated carbocycles. The summed E-state index contributed by atoms with van der Waals surface area (Å²) >= 11 is 1.36. The lowest BCUT2D eigenvalue weighted by Gasteiger charge is -2.05. The second kappa shape index (κ2) is 6.70. The molecule has 2 amide bonds. The van der Waals surface area contributed by atoms with Gasteiger partial charge in [-0.1, -0.05) is 30.3 Å². The molecule has 0 saturated heterocycles. The Kier molecular flexibility index (Phi) is 4.48. The molecule has 1 aliphatic carbocycles. The third kappa shape index (κ3) is 3.71. The van der Waals surface area contributed by atoms with Crippen molar-refractivity contribution in [2.75, 3.05) is 13.1 Å². The monoisotopic (exact) mass is 315 g/mol. The van der Waals surface area contributed by atoms with Crippen LogP contribution in [0.3, 0.4) is 0 Å². The molecule has 0 atom stereocenters. The summed E-state index contributed by atoms with van der Waals surface area (Å²) in [6.07, 6.45) is 3.56. The molecule has 114 valence electrons. The molecule has 5 nitrogen and oxygen atoms in total. The number of nitrogens with one attached hydrogen (secondary N) is 2. The van der Waals surface area contributed by atoms with Crippen molar-refractivity contribution in [1.29, 1.82) is 0 Å². The summed E-state index contributed by atoms with van der Waals surface area (Å²) in [5.74, 6) is 0.143. The summed E-state index contributed by atoms with van der Waals surface area (Å²) in [5.41, 5.74) is 1.00. The molecule has 1 fully saturated rings. The van der Waals surface area contributed by atoms with Crippen molar-refractivity contribution in [2.45, 2.75) is 12.8 Å². The summed E-state index contributed by atoms with van der Waals surface area (Å²) in [6.45, 7) is 0.890. The normalized spacial score (nSPS) is 13.6. The second-order valence-electron chi connectivity index (χ2n) is 5.22. The quantitative estimate of drug-likeness (QED) is 0.802. The molecule has 1 aromatic carbocycles. The molecule has 1 heterocycles. The first-order chi connectivity index (χ1) is 10.7. The zero-order valence-corrected chi connectivity index (χ0v) is 12.9. The van der Waals surface area contributed by atoms with Gasteiger partial charge in [-0.3, -0.25) is 9.59 Å². The third-order valence-corrected chi connectivity index (χ3v) is 4.45. The highest BCUT2D eigenvalue weighted by molar-refractivity contribution is 7.16. The Hall–Kier alpha value is -2.21. The highest BCUT2D eigenvalue weighted by Gasteiger charge is 2.29. The van der Waals surface area contributed by atoms with Crippen LogP contribution >= 0.6 is 11.3 Å². The van der Waals surface area contributed by atoms with Gasteiger partial charge in [-0.05, 0) is 12.8 Å². The van der Waals surface area contributed by atoms with E-state index in [9.17, 15) is 9.59 Å². The van der Waals surface area contributed by atoms with Crippen LogP contribution in [0.25, 0.3) is 10.6 Å². The average Bonchev–Trinajstić information content (AvgIpc) is 3.29. The van der Waals surface area contributed by atoms with Crippen LogP contribution in [-0.4, -0.2) is 29.9 Å². The van der Waals surface area contributed by atoms with Crippen LogP contribution in [0.4, 0.5) is 0 Å². The fourth-order valence-corrected chi connectivity index (χ4v) is 2.87. The fourth-order valence-electron chi connectivity index (χ4n) is 2.03. The maximum Gasteiger partial charge on any atom is 0.263 e. The fraction of sp³-hybridized carbons (Fsp3) is 0.312. The van der Waals surface area contributed by atoms with Gasteiger partial charge >= 0.3 is 0 Å². The predicted molar refractivity (Wildman–Crippen MR) is 85.6 cm³/mol. The number of nitrogens with zero attached hydrogens (tertiary/aromatic N) is 1. The highest BCUT2D eigenvalue weighted by atomic mass is 32.1. The van der Waals surface area contributed by atoms with Crippen LogP contribution in [0.1, 0.15) is 22.5 Å². The zero-order chi connectivity index (χ0) is 15.4. The van der Waals surface area contributed by atoms with Crippen LogP contribution < -0.4 is 10.6 Å². The van der Waals surface area contributed by atoms with E-state index in [2.05, 4.69) is 15.6 Å². The Balaban J connectivity index is 1.48. The second-order valence-corrected chi connectivity index (χ2v) is 6.25. The first kappa shape index (κ1) is 14.7. The highest BCUT2D eigenvalue weighted by Crippen LogP contribution is 2.28. The smallest absolute Gasteiger partial charge is 0.263 e. The lowest BCUT2D eigenvalue weighted by atomic mass is 10.2. The Morgan fingerprint density at radius 1 is 1.14 bits per heavy atom. The first-order valence-corrected chi connectivity index (χ1v) is 8.13. The van der Waals surface area contributed by atoms with E-state index in [0.717, 1.165) is 23.4 Å². The van der Waals surface area contributed by atoms with E-state index in [4.69, 9.17) is 0 Å². The van der Waals surface area contributed by atoms with Crippen LogP contribution in [0, 0.1) is 5.92 Å². The van der Waals surface area contributed by atoms with E-state index >= 15 is 0 Å². The molecule has 2 N–H and O–H groups in total. The number of hydrogen-bond donors (Lipinski definition) is 2. The molecule has 22 heavy (non-hydrogen) atoms. The number of carbonyl (C=O) groups is 2. The largest absolute Gasteiger partial charge is 0.354 e. The Labute approximate surface area is 132 Å².